The average Bonchev–Trinajstić information content (AvgIpc) is 2.23. The van der Waals surface area contributed by atoms with Crippen molar-refractivity contribution in [3.63, 3.8) is 0 Å². The topological polar surface area (TPSA) is 38.7 Å². The van der Waals surface area contributed by atoms with Crippen LogP contribution >= 0.6 is 0 Å². The van der Waals surface area contributed by atoms with E-state index in [0.717, 1.165) is 11.3 Å². The second-order valence-corrected chi connectivity index (χ2v) is 3.56. The van der Waals surface area contributed by atoms with Gasteiger partial charge in [0.05, 0.1) is 6.10 Å². The Bertz CT molecular complexity index is 286. The second-order valence-electron chi connectivity index (χ2n) is 3.56. The minimum Gasteiger partial charge on any atom is -0.491 e. The molecular weight excluding hydrogens is 192 g/mol. The Morgan fingerprint density at radius 1 is 1.40 bits per heavy atom. The van der Waals surface area contributed by atoms with Gasteiger partial charge in [-0.3, -0.25) is 0 Å². The van der Waals surface area contributed by atoms with Crippen molar-refractivity contribution in [1.82, 2.24) is 0 Å². The highest BCUT2D eigenvalue weighted by Gasteiger charge is 2.04. The number of hydrogen-bond acceptors (Lipinski definition) is 3. The van der Waals surface area contributed by atoms with Crippen molar-refractivity contribution in [2.75, 3.05) is 20.3 Å². The third-order valence-electron chi connectivity index (χ3n) is 2.09. The smallest absolute Gasteiger partial charge is 0.119 e. The maximum Gasteiger partial charge on any atom is 0.119 e. The van der Waals surface area contributed by atoms with Crippen molar-refractivity contribution in [3.8, 4) is 5.75 Å². The number of aryl methyl sites for hydroxylation is 1. The summed E-state index contributed by atoms with van der Waals surface area (Å²) in [4.78, 5) is 0. The lowest BCUT2D eigenvalue weighted by Crippen LogP contribution is -2.19. The molecule has 0 radical (unpaired) electrons. The molecule has 0 aliphatic carbocycles. The van der Waals surface area contributed by atoms with E-state index < -0.39 is 6.10 Å². The van der Waals surface area contributed by atoms with Crippen LogP contribution in [-0.4, -0.2) is 31.5 Å². The van der Waals surface area contributed by atoms with Crippen LogP contribution in [-0.2, 0) is 4.74 Å². The number of aliphatic hydroxyl groups is 1. The molecule has 0 saturated heterocycles. The third-order valence-corrected chi connectivity index (χ3v) is 2.09. The van der Waals surface area contributed by atoms with Crippen molar-refractivity contribution < 1.29 is 14.6 Å². The zero-order chi connectivity index (χ0) is 11.1. The lowest BCUT2D eigenvalue weighted by Gasteiger charge is -2.12. The molecule has 84 valence electrons. The minimum absolute atomic E-state index is 0.312. The maximum atomic E-state index is 9.51. The minimum atomic E-state index is -0.467. The fourth-order valence-corrected chi connectivity index (χ4v) is 1.23. The largest absolute Gasteiger partial charge is 0.491 e. The Morgan fingerprint density at radius 2 is 2.20 bits per heavy atom. The molecule has 15 heavy (non-hydrogen) atoms. The van der Waals surface area contributed by atoms with Crippen molar-refractivity contribution in [3.05, 3.63) is 29.8 Å². The molecule has 0 aromatic heterocycles. The molecule has 0 amide bonds. The predicted molar refractivity (Wildman–Crippen MR) is 59.2 cm³/mol. The summed E-state index contributed by atoms with van der Waals surface area (Å²) in [6.07, 6.45) is 0.132. The van der Waals surface area contributed by atoms with E-state index in [9.17, 15) is 5.11 Å². The first-order valence-corrected chi connectivity index (χ1v) is 5.09. The second kappa shape index (κ2) is 6.43. The zero-order valence-electron chi connectivity index (χ0n) is 9.27. The molecule has 3 heteroatoms. The van der Waals surface area contributed by atoms with Crippen LogP contribution in [0.3, 0.4) is 0 Å². The molecule has 0 heterocycles. The molecule has 1 aromatic carbocycles. The van der Waals surface area contributed by atoms with E-state index in [0.29, 0.717) is 19.6 Å². The van der Waals surface area contributed by atoms with Crippen LogP contribution in [0.2, 0.25) is 0 Å². The lowest BCUT2D eigenvalue weighted by molar-refractivity contribution is 0.0706. The highest BCUT2D eigenvalue weighted by molar-refractivity contribution is 5.27. The molecule has 0 bridgehead atoms. The van der Waals surface area contributed by atoms with Gasteiger partial charge in [-0.1, -0.05) is 12.1 Å². The number of rotatable bonds is 6. The van der Waals surface area contributed by atoms with Gasteiger partial charge in [0.2, 0.25) is 0 Å². The van der Waals surface area contributed by atoms with Gasteiger partial charge < -0.3 is 14.6 Å². The van der Waals surface area contributed by atoms with Crippen LogP contribution < -0.4 is 4.74 Å². The quantitative estimate of drug-likeness (QED) is 0.777. The van der Waals surface area contributed by atoms with Crippen LogP contribution in [0.5, 0.6) is 5.75 Å². The Kier molecular flexibility index (Phi) is 5.15. The number of hydrogen-bond donors (Lipinski definition) is 1. The first-order valence-electron chi connectivity index (χ1n) is 5.09. The standard InChI is InChI=1S/C12H18O3/c1-10-4-3-5-12(8-10)15-9-11(13)6-7-14-2/h3-5,8,11,13H,6-7,9H2,1-2H3. The summed E-state index contributed by atoms with van der Waals surface area (Å²) in [5.74, 6) is 0.798. The van der Waals surface area contributed by atoms with Crippen LogP contribution in [0.1, 0.15) is 12.0 Å². The van der Waals surface area contributed by atoms with Crippen LogP contribution in [0.25, 0.3) is 0 Å². The Morgan fingerprint density at radius 3 is 2.87 bits per heavy atom. The Labute approximate surface area is 90.6 Å². The van der Waals surface area contributed by atoms with Gasteiger partial charge >= 0.3 is 0 Å². The summed E-state index contributed by atoms with van der Waals surface area (Å²) in [5.41, 5.74) is 1.15. The van der Waals surface area contributed by atoms with Crippen molar-refractivity contribution in [1.29, 1.82) is 0 Å². The normalized spacial score (nSPS) is 12.5. The van der Waals surface area contributed by atoms with Gasteiger partial charge in [-0.15, -0.1) is 0 Å². The number of aliphatic hydroxyl groups excluding tert-OH is 1. The molecule has 0 spiro atoms. The average molecular weight is 210 g/mol. The highest BCUT2D eigenvalue weighted by Crippen LogP contribution is 2.12. The predicted octanol–water partition coefficient (Wildman–Crippen LogP) is 1.77. The van der Waals surface area contributed by atoms with E-state index in [-0.39, 0.29) is 0 Å². The van der Waals surface area contributed by atoms with E-state index in [1.165, 1.54) is 0 Å². The molecule has 0 saturated carbocycles. The fourth-order valence-electron chi connectivity index (χ4n) is 1.23. The van der Waals surface area contributed by atoms with E-state index in [1.807, 2.05) is 31.2 Å². The van der Waals surface area contributed by atoms with E-state index >= 15 is 0 Å². The van der Waals surface area contributed by atoms with Gasteiger partial charge in [-0.05, 0) is 31.0 Å². The molecule has 1 rings (SSSR count). The first-order chi connectivity index (χ1) is 7.22. The lowest BCUT2D eigenvalue weighted by atomic mass is 10.2. The van der Waals surface area contributed by atoms with Crippen molar-refractivity contribution >= 4 is 0 Å². The Balaban J connectivity index is 2.30. The zero-order valence-corrected chi connectivity index (χ0v) is 9.27. The van der Waals surface area contributed by atoms with Gasteiger partial charge in [0.1, 0.15) is 12.4 Å². The SMILES string of the molecule is COCCC(O)COc1cccc(C)c1. The highest BCUT2D eigenvalue weighted by atomic mass is 16.5. The van der Waals surface area contributed by atoms with Gasteiger partial charge in [-0.2, -0.15) is 0 Å². The maximum absolute atomic E-state index is 9.51. The molecule has 0 aliphatic rings. The summed E-state index contributed by atoms with van der Waals surface area (Å²) in [6.45, 7) is 2.87. The van der Waals surface area contributed by atoms with Crippen molar-refractivity contribution in [2.45, 2.75) is 19.4 Å². The molecule has 0 fully saturated rings. The Hall–Kier alpha value is -1.06. The van der Waals surface area contributed by atoms with E-state index in [4.69, 9.17) is 9.47 Å². The monoisotopic (exact) mass is 210 g/mol. The summed E-state index contributed by atoms with van der Waals surface area (Å²) in [5, 5.41) is 9.51. The summed E-state index contributed by atoms with van der Waals surface area (Å²) >= 11 is 0. The van der Waals surface area contributed by atoms with Gasteiger partial charge in [0.15, 0.2) is 0 Å². The molecule has 1 unspecified atom stereocenters. The van der Waals surface area contributed by atoms with Crippen LogP contribution in [0, 0.1) is 6.92 Å². The summed E-state index contributed by atoms with van der Waals surface area (Å²) < 4.78 is 10.3. The molecular formula is C12H18O3. The van der Waals surface area contributed by atoms with Crippen LogP contribution in [0.15, 0.2) is 24.3 Å². The molecule has 1 aromatic rings. The molecule has 1 N–H and O–H groups in total. The third kappa shape index (κ3) is 4.81. The van der Waals surface area contributed by atoms with Gasteiger partial charge in [-0.25, -0.2) is 0 Å². The van der Waals surface area contributed by atoms with Gasteiger partial charge in [0, 0.05) is 13.7 Å². The van der Waals surface area contributed by atoms with Crippen molar-refractivity contribution in [2.24, 2.45) is 0 Å². The number of benzene rings is 1. The summed E-state index contributed by atoms with van der Waals surface area (Å²) in [7, 11) is 1.62. The number of methoxy groups -OCH3 is 1. The number of ether oxygens (including phenoxy) is 2. The van der Waals surface area contributed by atoms with Gasteiger partial charge in [0.25, 0.3) is 0 Å². The first kappa shape index (κ1) is 12.0. The molecule has 0 aliphatic heterocycles. The molecule has 1 atom stereocenters. The van der Waals surface area contributed by atoms with E-state index in [1.54, 1.807) is 7.11 Å². The molecule has 3 nitrogen and oxygen atoms in total. The van der Waals surface area contributed by atoms with Crippen LogP contribution in [0.4, 0.5) is 0 Å². The summed E-state index contributed by atoms with van der Waals surface area (Å²) in [6, 6.07) is 7.78. The van der Waals surface area contributed by atoms with E-state index in [2.05, 4.69) is 0 Å². The fraction of sp³-hybridized carbons (Fsp3) is 0.500.